The Hall–Kier alpha value is -0.610. The molecule has 4 nitrogen and oxygen atoms in total. The van der Waals surface area contributed by atoms with Crippen LogP contribution in [0.2, 0.25) is 0 Å². The lowest BCUT2D eigenvalue weighted by Crippen LogP contribution is -2.50. The number of hydrogen-bond donors (Lipinski definition) is 2. The van der Waals surface area contributed by atoms with Gasteiger partial charge in [0.05, 0.1) is 5.92 Å². The van der Waals surface area contributed by atoms with Crippen LogP contribution >= 0.6 is 0 Å². The molecular weight excluding hydrogens is 180 g/mol. The van der Waals surface area contributed by atoms with Gasteiger partial charge >= 0.3 is 5.97 Å². The molecule has 1 heterocycles. The van der Waals surface area contributed by atoms with Crippen molar-refractivity contribution < 1.29 is 9.90 Å². The summed E-state index contributed by atoms with van der Waals surface area (Å²) in [6.45, 7) is 1.68. The van der Waals surface area contributed by atoms with Crippen molar-refractivity contribution >= 4 is 5.97 Å². The number of likely N-dealkylation sites (tertiary alicyclic amines) is 1. The molecule has 14 heavy (non-hydrogen) atoms. The summed E-state index contributed by atoms with van der Waals surface area (Å²) in [4.78, 5) is 13.0. The molecule has 0 aromatic carbocycles. The maximum absolute atomic E-state index is 10.9. The molecule has 0 aromatic heterocycles. The van der Waals surface area contributed by atoms with Gasteiger partial charge in [-0.1, -0.05) is 0 Å². The summed E-state index contributed by atoms with van der Waals surface area (Å²) in [5, 5.41) is 12.5. The van der Waals surface area contributed by atoms with Gasteiger partial charge in [0.1, 0.15) is 0 Å². The largest absolute Gasteiger partial charge is 0.481 e. The van der Waals surface area contributed by atoms with Gasteiger partial charge in [0.15, 0.2) is 0 Å². The van der Waals surface area contributed by atoms with Crippen LogP contribution in [0.5, 0.6) is 0 Å². The van der Waals surface area contributed by atoms with Crippen molar-refractivity contribution in [2.24, 2.45) is 5.92 Å². The zero-order chi connectivity index (χ0) is 10.1. The van der Waals surface area contributed by atoms with E-state index >= 15 is 0 Å². The van der Waals surface area contributed by atoms with Crippen molar-refractivity contribution in [3.8, 4) is 0 Å². The minimum absolute atomic E-state index is 0.190. The lowest BCUT2D eigenvalue weighted by Gasteiger charge is -2.34. The van der Waals surface area contributed by atoms with Crippen LogP contribution in [0.3, 0.4) is 0 Å². The number of piperidine rings is 1. The highest BCUT2D eigenvalue weighted by molar-refractivity contribution is 5.70. The maximum Gasteiger partial charge on any atom is 0.307 e. The van der Waals surface area contributed by atoms with Gasteiger partial charge in [-0.2, -0.15) is 0 Å². The van der Waals surface area contributed by atoms with Gasteiger partial charge in [-0.15, -0.1) is 0 Å². The van der Waals surface area contributed by atoms with Crippen LogP contribution in [0, 0.1) is 5.92 Å². The van der Waals surface area contributed by atoms with Crippen LogP contribution in [-0.4, -0.2) is 48.2 Å². The van der Waals surface area contributed by atoms with Crippen LogP contribution < -0.4 is 5.32 Å². The van der Waals surface area contributed by atoms with Crippen molar-refractivity contribution in [2.75, 3.05) is 20.1 Å². The minimum Gasteiger partial charge on any atom is -0.481 e. The van der Waals surface area contributed by atoms with Gasteiger partial charge in [-0.3, -0.25) is 4.79 Å². The van der Waals surface area contributed by atoms with Gasteiger partial charge in [-0.05, 0) is 26.3 Å². The Morgan fingerprint density at radius 2 is 2.07 bits per heavy atom. The second kappa shape index (κ2) is 3.87. The number of nitrogens with one attached hydrogen (secondary N) is 1. The molecule has 1 aliphatic carbocycles. The number of nitrogens with zero attached hydrogens (tertiary/aromatic N) is 1. The number of carboxylic acids is 1. The van der Waals surface area contributed by atoms with E-state index in [1.807, 2.05) is 7.05 Å². The monoisotopic (exact) mass is 198 g/mol. The molecule has 0 bridgehead atoms. The van der Waals surface area contributed by atoms with Crippen molar-refractivity contribution in [2.45, 2.75) is 31.3 Å². The molecule has 1 aliphatic heterocycles. The molecule has 4 heteroatoms. The van der Waals surface area contributed by atoms with Crippen molar-refractivity contribution in [1.29, 1.82) is 0 Å². The quantitative estimate of drug-likeness (QED) is 0.677. The van der Waals surface area contributed by atoms with Crippen molar-refractivity contribution in [3.63, 3.8) is 0 Å². The zero-order valence-corrected chi connectivity index (χ0v) is 8.57. The van der Waals surface area contributed by atoms with E-state index < -0.39 is 5.97 Å². The van der Waals surface area contributed by atoms with E-state index in [1.165, 1.54) is 12.8 Å². The summed E-state index contributed by atoms with van der Waals surface area (Å²) in [7, 11) is 2.00. The molecule has 1 saturated carbocycles. The number of likely N-dealkylation sites (N-methyl/N-ethyl adjacent to an activating group) is 1. The molecule has 2 N–H and O–H groups in total. The first-order chi connectivity index (χ1) is 6.65. The molecule has 0 radical (unpaired) electrons. The van der Waals surface area contributed by atoms with Crippen LogP contribution in [0.4, 0.5) is 0 Å². The highest BCUT2D eigenvalue weighted by atomic mass is 16.4. The Kier molecular flexibility index (Phi) is 2.74. The molecule has 2 atom stereocenters. The molecule has 2 unspecified atom stereocenters. The van der Waals surface area contributed by atoms with Crippen LogP contribution in [0.1, 0.15) is 19.3 Å². The minimum atomic E-state index is -0.654. The average Bonchev–Trinajstić information content (AvgIpc) is 2.87. The average molecular weight is 198 g/mol. The first kappa shape index (κ1) is 9.93. The number of hydrogen-bond acceptors (Lipinski definition) is 3. The normalized spacial score (nSPS) is 34.4. The van der Waals surface area contributed by atoms with Crippen molar-refractivity contribution in [3.05, 3.63) is 0 Å². The zero-order valence-electron chi connectivity index (χ0n) is 8.57. The van der Waals surface area contributed by atoms with Gasteiger partial charge in [0.25, 0.3) is 0 Å². The molecule has 0 spiro atoms. The Bertz CT molecular complexity index is 226. The first-order valence-corrected chi connectivity index (χ1v) is 5.32. The predicted octanol–water partition coefficient (Wildman–Crippen LogP) is 0.143. The fourth-order valence-corrected chi connectivity index (χ4v) is 2.20. The lowest BCUT2D eigenvalue weighted by molar-refractivity contribution is -0.143. The fourth-order valence-electron chi connectivity index (χ4n) is 2.20. The molecular formula is C10H18N2O2. The summed E-state index contributed by atoms with van der Waals surface area (Å²) in [6.07, 6.45) is 3.31. The van der Waals surface area contributed by atoms with E-state index in [-0.39, 0.29) is 5.92 Å². The Labute approximate surface area is 84.3 Å². The van der Waals surface area contributed by atoms with E-state index in [2.05, 4.69) is 10.2 Å². The Balaban J connectivity index is 1.87. The van der Waals surface area contributed by atoms with E-state index in [9.17, 15) is 4.79 Å². The highest BCUT2D eigenvalue weighted by Gasteiger charge is 2.32. The van der Waals surface area contributed by atoms with E-state index in [0.29, 0.717) is 18.6 Å². The SMILES string of the molecule is CN1CC(NC2CC2)CC(C(=O)O)C1. The molecule has 80 valence electrons. The molecule has 2 rings (SSSR count). The van der Waals surface area contributed by atoms with Crippen LogP contribution in [0.25, 0.3) is 0 Å². The third-order valence-corrected chi connectivity index (χ3v) is 3.03. The second-order valence-corrected chi connectivity index (χ2v) is 4.63. The third-order valence-electron chi connectivity index (χ3n) is 3.03. The highest BCUT2D eigenvalue weighted by Crippen LogP contribution is 2.23. The topological polar surface area (TPSA) is 52.6 Å². The number of rotatable bonds is 3. The number of carboxylic acid groups (broad SMARTS) is 1. The van der Waals surface area contributed by atoms with Crippen molar-refractivity contribution in [1.82, 2.24) is 10.2 Å². The van der Waals surface area contributed by atoms with Gasteiger partial charge < -0.3 is 15.3 Å². The summed E-state index contributed by atoms with van der Waals surface area (Å²) >= 11 is 0. The summed E-state index contributed by atoms with van der Waals surface area (Å²) in [5.41, 5.74) is 0. The Morgan fingerprint density at radius 1 is 1.36 bits per heavy atom. The summed E-state index contributed by atoms with van der Waals surface area (Å²) < 4.78 is 0. The molecule has 0 aromatic rings. The maximum atomic E-state index is 10.9. The van der Waals surface area contributed by atoms with Gasteiger partial charge in [-0.25, -0.2) is 0 Å². The number of carbonyl (C=O) groups is 1. The second-order valence-electron chi connectivity index (χ2n) is 4.63. The fraction of sp³-hybridized carbons (Fsp3) is 0.900. The summed E-state index contributed by atoms with van der Waals surface area (Å²) in [6, 6.07) is 1.04. The lowest BCUT2D eigenvalue weighted by atomic mass is 9.94. The van der Waals surface area contributed by atoms with E-state index in [0.717, 1.165) is 13.0 Å². The van der Waals surface area contributed by atoms with Crippen LogP contribution in [0.15, 0.2) is 0 Å². The molecule has 0 amide bonds. The van der Waals surface area contributed by atoms with Gasteiger partial charge in [0.2, 0.25) is 0 Å². The summed E-state index contributed by atoms with van der Waals surface area (Å²) in [5.74, 6) is -0.843. The third kappa shape index (κ3) is 2.45. The van der Waals surface area contributed by atoms with Crippen LogP contribution in [-0.2, 0) is 4.79 Å². The first-order valence-electron chi connectivity index (χ1n) is 5.32. The Morgan fingerprint density at radius 3 is 2.64 bits per heavy atom. The van der Waals surface area contributed by atoms with E-state index in [4.69, 9.17) is 5.11 Å². The van der Waals surface area contributed by atoms with Gasteiger partial charge in [0, 0.05) is 25.2 Å². The standard InChI is InChI=1S/C10H18N2O2/c1-12-5-7(10(13)14)4-9(6-12)11-8-2-3-8/h7-9,11H,2-6H2,1H3,(H,13,14). The molecule has 1 saturated heterocycles. The number of aliphatic carboxylic acids is 1. The van der Waals surface area contributed by atoms with E-state index in [1.54, 1.807) is 0 Å². The molecule has 2 fully saturated rings. The smallest absolute Gasteiger partial charge is 0.307 e. The predicted molar refractivity (Wildman–Crippen MR) is 53.2 cm³/mol. The molecule has 2 aliphatic rings.